The van der Waals surface area contributed by atoms with E-state index in [2.05, 4.69) is 0 Å². The van der Waals surface area contributed by atoms with Crippen LogP contribution in [0.4, 0.5) is 4.39 Å². The summed E-state index contributed by atoms with van der Waals surface area (Å²) in [4.78, 5) is 14.8. The standard InChI is InChI=1S/C22H26FNO3/c1-4-26-17-11-9-16(10-12-17)13-21(25)24-14-20(27-15-22(24,2)3)18-7-5-6-8-19(18)23/h5-12,20H,4,13-15H2,1-3H3. The van der Waals surface area contributed by atoms with E-state index in [-0.39, 0.29) is 11.7 Å². The average molecular weight is 371 g/mol. The summed E-state index contributed by atoms with van der Waals surface area (Å²) in [7, 11) is 0. The van der Waals surface area contributed by atoms with Gasteiger partial charge in [-0.15, -0.1) is 0 Å². The third-order valence-corrected chi connectivity index (χ3v) is 4.86. The van der Waals surface area contributed by atoms with Crippen molar-refractivity contribution in [3.05, 3.63) is 65.5 Å². The third kappa shape index (κ3) is 4.48. The molecule has 1 amide bonds. The topological polar surface area (TPSA) is 38.8 Å². The van der Waals surface area contributed by atoms with Crippen molar-refractivity contribution in [1.82, 2.24) is 4.90 Å². The van der Waals surface area contributed by atoms with Gasteiger partial charge in [-0.2, -0.15) is 0 Å². The number of rotatable bonds is 5. The molecule has 1 atom stereocenters. The third-order valence-electron chi connectivity index (χ3n) is 4.86. The minimum Gasteiger partial charge on any atom is -0.494 e. The molecular weight excluding hydrogens is 345 g/mol. The van der Waals surface area contributed by atoms with E-state index in [4.69, 9.17) is 9.47 Å². The second-order valence-electron chi connectivity index (χ2n) is 7.39. The highest BCUT2D eigenvalue weighted by molar-refractivity contribution is 5.79. The van der Waals surface area contributed by atoms with E-state index in [1.54, 1.807) is 18.2 Å². The summed E-state index contributed by atoms with van der Waals surface area (Å²) in [6.45, 7) is 7.19. The Balaban J connectivity index is 1.73. The lowest BCUT2D eigenvalue weighted by atomic mass is 9.96. The molecule has 1 aliphatic heterocycles. The van der Waals surface area contributed by atoms with Gasteiger partial charge in [0.1, 0.15) is 17.7 Å². The molecule has 27 heavy (non-hydrogen) atoms. The summed E-state index contributed by atoms with van der Waals surface area (Å²) in [5, 5.41) is 0. The molecule has 1 aliphatic rings. The molecule has 0 radical (unpaired) electrons. The summed E-state index contributed by atoms with van der Waals surface area (Å²) in [6.07, 6.45) is -0.164. The Morgan fingerprint density at radius 3 is 2.59 bits per heavy atom. The molecule has 1 fully saturated rings. The lowest BCUT2D eigenvalue weighted by molar-refractivity contribution is -0.154. The van der Waals surface area contributed by atoms with E-state index in [9.17, 15) is 9.18 Å². The van der Waals surface area contributed by atoms with E-state index >= 15 is 0 Å². The summed E-state index contributed by atoms with van der Waals surface area (Å²) < 4.78 is 25.5. The number of nitrogens with zero attached hydrogens (tertiary/aromatic N) is 1. The molecule has 0 bridgehead atoms. The number of hydrogen-bond donors (Lipinski definition) is 0. The summed E-state index contributed by atoms with van der Waals surface area (Å²) >= 11 is 0. The first-order valence-corrected chi connectivity index (χ1v) is 9.29. The Morgan fingerprint density at radius 2 is 1.93 bits per heavy atom. The number of hydrogen-bond acceptors (Lipinski definition) is 3. The highest BCUT2D eigenvalue weighted by atomic mass is 19.1. The fraction of sp³-hybridized carbons (Fsp3) is 0.409. The largest absolute Gasteiger partial charge is 0.494 e. The van der Waals surface area contributed by atoms with Gasteiger partial charge < -0.3 is 14.4 Å². The van der Waals surface area contributed by atoms with Crippen LogP contribution in [0.15, 0.2) is 48.5 Å². The van der Waals surface area contributed by atoms with Crippen molar-refractivity contribution < 1.29 is 18.7 Å². The van der Waals surface area contributed by atoms with Crippen LogP contribution in [-0.2, 0) is 16.0 Å². The Bertz CT molecular complexity index is 788. The molecule has 4 nitrogen and oxygen atoms in total. The summed E-state index contributed by atoms with van der Waals surface area (Å²) in [5.74, 6) is 0.495. The monoisotopic (exact) mass is 371 g/mol. The molecule has 1 saturated heterocycles. The minimum atomic E-state index is -0.455. The highest BCUT2D eigenvalue weighted by Gasteiger charge is 2.39. The Hall–Kier alpha value is -2.40. The van der Waals surface area contributed by atoms with E-state index in [1.807, 2.05) is 49.9 Å². The van der Waals surface area contributed by atoms with Crippen LogP contribution in [0.5, 0.6) is 5.75 Å². The second-order valence-corrected chi connectivity index (χ2v) is 7.39. The lowest BCUT2D eigenvalue weighted by Crippen LogP contribution is -2.56. The van der Waals surface area contributed by atoms with Gasteiger partial charge in [0.15, 0.2) is 0 Å². The molecule has 2 aromatic rings. The van der Waals surface area contributed by atoms with Gasteiger partial charge in [-0.1, -0.05) is 30.3 Å². The summed E-state index contributed by atoms with van der Waals surface area (Å²) in [5.41, 5.74) is 0.976. The zero-order chi connectivity index (χ0) is 19.4. The van der Waals surface area contributed by atoms with Crippen molar-refractivity contribution in [1.29, 1.82) is 0 Å². The molecule has 144 valence electrons. The van der Waals surface area contributed by atoms with Crippen LogP contribution < -0.4 is 4.74 Å². The molecule has 1 unspecified atom stereocenters. The van der Waals surface area contributed by atoms with Crippen LogP contribution in [0, 0.1) is 5.82 Å². The maximum atomic E-state index is 14.1. The van der Waals surface area contributed by atoms with Gasteiger partial charge in [-0.05, 0) is 44.5 Å². The van der Waals surface area contributed by atoms with Crippen LogP contribution in [0.3, 0.4) is 0 Å². The van der Waals surface area contributed by atoms with Crippen molar-refractivity contribution >= 4 is 5.91 Å². The van der Waals surface area contributed by atoms with Gasteiger partial charge in [-0.25, -0.2) is 4.39 Å². The maximum Gasteiger partial charge on any atom is 0.227 e. The first-order chi connectivity index (χ1) is 12.9. The second kappa shape index (κ2) is 8.09. The molecule has 2 aromatic carbocycles. The first kappa shape index (κ1) is 19.4. The van der Waals surface area contributed by atoms with Gasteiger partial charge in [0.2, 0.25) is 5.91 Å². The molecule has 0 aromatic heterocycles. The highest BCUT2D eigenvalue weighted by Crippen LogP contribution is 2.32. The maximum absolute atomic E-state index is 14.1. The number of carbonyl (C=O) groups is 1. The predicted octanol–water partition coefficient (Wildman–Crippen LogP) is 4.15. The predicted molar refractivity (Wildman–Crippen MR) is 102 cm³/mol. The molecule has 3 rings (SSSR count). The Labute approximate surface area is 159 Å². The van der Waals surface area contributed by atoms with Gasteiger partial charge in [-0.3, -0.25) is 4.79 Å². The first-order valence-electron chi connectivity index (χ1n) is 9.29. The Morgan fingerprint density at radius 1 is 1.22 bits per heavy atom. The molecule has 0 spiro atoms. The fourth-order valence-electron chi connectivity index (χ4n) is 3.35. The van der Waals surface area contributed by atoms with Gasteiger partial charge in [0.05, 0.1) is 31.7 Å². The normalized spacial score (nSPS) is 19.0. The van der Waals surface area contributed by atoms with Crippen LogP contribution in [0.2, 0.25) is 0 Å². The number of ether oxygens (including phenoxy) is 2. The molecule has 1 heterocycles. The average Bonchev–Trinajstić information content (AvgIpc) is 2.64. The smallest absolute Gasteiger partial charge is 0.227 e. The van der Waals surface area contributed by atoms with E-state index < -0.39 is 11.6 Å². The van der Waals surface area contributed by atoms with Crippen molar-refractivity contribution in [2.75, 3.05) is 19.8 Å². The number of carbonyl (C=O) groups excluding carboxylic acids is 1. The van der Waals surface area contributed by atoms with E-state index in [1.165, 1.54) is 6.07 Å². The van der Waals surface area contributed by atoms with Crippen molar-refractivity contribution in [3.63, 3.8) is 0 Å². The number of benzene rings is 2. The van der Waals surface area contributed by atoms with Crippen molar-refractivity contribution in [3.8, 4) is 5.75 Å². The van der Waals surface area contributed by atoms with Gasteiger partial charge in [0, 0.05) is 5.56 Å². The number of morpholine rings is 1. The van der Waals surface area contributed by atoms with Crippen molar-refractivity contribution in [2.24, 2.45) is 0 Å². The quantitative estimate of drug-likeness (QED) is 0.793. The zero-order valence-corrected chi connectivity index (χ0v) is 16.1. The molecule has 5 heteroatoms. The molecule has 0 aliphatic carbocycles. The number of amides is 1. The minimum absolute atomic E-state index is 0.00815. The lowest BCUT2D eigenvalue weighted by Gasteiger charge is -2.45. The van der Waals surface area contributed by atoms with Crippen LogP contribution in [0.25, 0.3) is 0 Å². The zero-order valence-electron chi connectivity index (χ0n) is 16.1. The van der Waals surface area contributed by atoms with Crippen LogP contribution in [-0.4, -0.2) is 36.1 Å². The number of halogens is 1. The fourth-order valence-corrected chi connectivity index (χ4v) is 3.35. The van der Waals surface area contributed by atoms with E-state index in [0.29, 0.717) is 31.7 Å². The molecular formula is C22H26FNO3. The summed E-state index contributed by atoms with van der Waals surface area (Å²) in [6, 6.07) is 14.1. The molecule has 0 N–H and O–H groups in total. The Kier molecular flexibility index (Phi) is 5.80. The van der Waals surface area contributed by atoms with E-state index in [0.717, 1.165) is 11.3 Å². The van der Waals surface area contributed by atoms with Gasteiger partial charge in [0.25, 0.3) is 0 Å². The van der Waals surface area contributed by atoms with Gasteiger partial charge >= 0.3 is 0 Å². The molecule has 0 saturated carbocycles. The van der Waals surface area contributed by atoms with Crippen molar-refractivity contribution in [2.45, 2.75) is 38.8 Å². The van der Waals surface area contributed by atoms with Crippen LogP contribution >= 0.6 is 0 Å². The SMILES string of the molecule is CCOc1ccc(CC(=O)N2CC(c3ccccc3F)OCC2(C)C)cc1. The van der Waals surface area contributed by atoms with Crippen LogP contribution in [0.1, 0.15) is 38.0 Å².